The van der Waals surface area contributed by atoms with E-state index in [1.165, 1.54) is 7.11 Å². The van der Waals surface area contributed by atoms with E-state index in [1.54, 1.807) is 12.1 Å². The summed E-state index contributed by atoms with van der Waals surface area (Å²) in [7, 11) is 1.40. The zero-order chi connectivity index (χ0) is 20.2. The number of aromatic nitrogens is 3. The molecule has 0 amide bonds. The molecule has 0 N–H and O–H groups in total. The van der Waals surface area contributed by atoms with Crippen molar-refractivity contribution in [2.75, 3.05) is 7.11 Å². The lowest BCUT2D eigenvalue weighted by molar-refractivity contribution is -0.140. The van der Waals surface area contributed by atoms with Crippen molar-refractivity contribution in [2.24, 2.45) is 0 Å². The fourth-order valence-corrected chi connectivity index (χ4v) is 3.30. The van der Waals surface area contributed by atoms with Crippen molar-refractivity contribution in [1.82, 2.24) is 14.8 Å². The van der Waals surface area contributed by atoms with Gasteiger partial charge in [-0.1, -0.05) is 30.3 Å². The molecule has 0 saturated heterocycles. The van der Waals surface area contributed by atoms with Crippen LogP contribution in [0.2, 0.25) is 0 Å². The highest BCUT2D eigenvalue weighted by molar-refractivity contribution is 5.86. The number of hydrogen-bond donors (Lipinski definition) is 0. The van der Waals surface area contributed by atoms with Gasteiger partial charge in [0, 0.05) is 23.6 Å². The third-order valence-electron chi connectivity index (χ3n) is 4.83. The molecule has 6 nitrogen and oxygen atoms in total. The number of carbonyl (C=O) groups excluding carboxylic acids is 1. The highest BCUT2D eigenvalue weighted by atomic mass is 16.5. The Balaban J connectivity index is 1.67. The number of carbonyl (C=O) groups is 1. The van der Waals surface area contributed by atoms with Gasteiger partial charge in [-0.2, -0.15) is 5.26 Å². The predicted octanol–water partition coefficient (Wildman–Crippen LogP) is 4.06. The summed E-state index contributed by atoms with van der Waals surface area (Å²) in [5.74, 6) is 0.469. The van der Waals surface area contributed by atoms with Gasteiger partial charge in [-0.3, -0.25) is 9.36 Å². The summed E-state index contributed by atoms with van der Waals surface area (Å²) >= 11 is 0. The minimum Gasteiger partial charge on any atom is -0.469 e. The van der Waals surface area contributed by atoms with E-state index >= 15 is 0 Å². The third kappa shape index (κ3) is 3.71. The first-order valence-electron chi connectivity index (χ1n) is 9.20. The summed E-state index contributed by atoms with van der Waals surface area (Å²) in [5, 5.41) is 18.8. The van der Waals surface area contributed by atoms with Crippen LogP contribution in [0.15, 0.2) is 66.9 Å². The van der Waals surface area contributed by atoms with Crippen molar-refractivity contribution in [3.63, 3.8) is 0 Å². The molecule has 2 aromatic carbocycles. The van der Waals surface area contributed by atoms with Crippen LogP contribution in [0.25, 0.3) is 28.0 Å². The van der Waals surface area contributed by atoms with Crippen LogP contribution in [0.1, 0.15) is 17.5 Å². The predicted molar refractivity (Wildman–Crippen MR) is 109 cm³/mol. The molecule has 0 atom stereocenters. The van der Waals surface area contributed by atoms with Crippen molar-refractivity contribution in [2.45, 2.75) is 12.8 Å². The maximum Gasteiger partial charge on any atom is 0.305 e. The molecular formula is C23H18N4O2. The van der Waals surface area contributed by atoms with Gasteiger partial charge in [-0.05, 0) is 42.3 Å². The van der Waals surface area contributed by atoms with E-state index in [4.69, 9.17) is 10.00 Å². The van der Waals surface area contributed by atoms with Crippen LogP contribution in [-0.4, -0.2) is 27.8 Å². The summed E-state index contributed by atoms with van der Waals surface area (Å²) in [6, 6.07) is 21.2. The highest BCUT2D eigenvalue weighted by Gasteiger charge is 2.12. The largest absolute Gasteiger partial charge is 0.469 e. The van der Waals surface area contributed by atoms with Gasteiger partial charge in [0.15, 0.2) is 5.82 Å². The zero-order valence-electron chi connectivity index (χ0n) is 15.9. The average Bonchev–Trinajstić information content (AvgIpc) is 3.16. The Labute approximate surface area is 168 Å². The Morgan fingerprint density at radius 2 is 1.86 bits per heavy atom. The lowest BCUT2D eigenvalue weighted by Gasteiger charge is -2.05. The third-order valence-corrected chi connectivity index (χ3v) is 4.83. The molecule has 29 heavy (non-hydrogen) atoms. The van der Waals surface area contributed by atoms with Crippen LogP contribution in [0.3, 0.4) is 0 Å². The molecule has 4 rings (SSSR count). The van der Waals surface area contributed by atoms with E-state index in [2.05, 4.69) is 16.3 Å². The molecule has 2 heterocycles. The number of rotatable bonds is 5. The van der Waals surface area contributed by atoms with Crippen LogP contribution in [0, 0.1) is 11.3 Å². The van der Waals surface area contributed by atoms with Crippen molar-refractivity contribution in [1.29, 1.82) is 5.26 Å². The molecule has 4 aromatic rings. The molecule has 0 radical (unpaired) electrons. The number of hydrogen-bond acceptors (Lipinski definition) is 5. The Morgan fingerprint density at radius 1 is 1.07 bits per heavy atom. The van der Waals surface area contributed by atoms with Crippen molar-refractivity contribution >= 4 is 16.9 Å². The topological polar surface area (TPSA) is 80.8 Å². The lowest BCUT2D eigenvalue weighted by Crippen LogP contribution is -2.01. The van der Waals surface area contributed by atoms with Crippen LogP contribution >= 0.6 is 0 Å². The van der Waals surface area contributed by atoms with Gasteiger partial charge >= 0.3 is 5.97 Å². The molecule has 0 aliphatic heterocycles. The van der Waals surface area contributed by atoms with Gasteiger partial charge in [0.1, 0.15) is 0 Å². The minimum absolute atomic E-state index is 0.228. The molecule has 0 bridgehead atoms. The van der Waals surface area contributed by atoms with Gasteiger partial charge in [-0.15, -0.1) is 10.2 Å². The second kappa shape index (κ2) is 7.95. The number of nitrogens with zero attached hydrogens (tertiary/aromatic N) is 4. The first kappa shape index (κ1) is 18.4. The lowest BCUT2D eigenvalue weighted by atomic mass is 10.1. The van der Waals surface area contributed by atoms with Gasteiger partial charge in [0.2, 0.25) is 0 Å². The second-order valence-electron chi connectivity index (χ2n) is 6.58. The normalized spacial score (nSPS) is 10.6. The number of para-hydroxylation sites is 1. The van der Waals surface area contributed by atoms with Gasteiger partial charge in [0.05, 0.1) is 30.0 Å². The number of methoxy groups -OCH3 is 1. The quantitative estimate of drug-likeness (QED) is 0.486. The van der Waals surface area contributed by atoms with E-state index in [9.17, 15) is 4.79 Å². The average molecular weight is 382 g/mol. The van der Waals surface area contributed by atoms with Crippen molar-refractivity contribution in [3.8, 4) is 23.1 Å². The number of benzene rings is 2. The molecule has 142 valence electrons. The SMILES string of the molecule is COC(=O)CCc1cn(-c2ccc(-c3ccc(C#N)cc3)nn2)c2ccccc12. The Morgan fingerprint density at radius 3 is 2.55 bits per heavy atom. The summed E-state index contributed by atoms with van der Waals surface area (Å²) < 4.78 is 6.74. The summed E-state index contributed by atoms with van der Waals surface area (Å²) in [5.41, 5.74) is 4.31. The molecule has 0 saturated carbocycles. The summed E-state index contributed by atoms with van der Waals surface area (Å²) in [6.07, 6.45) is 2.92. The van der Waals surface area contributed by atoms with Gasteiger partial charge in [-0.25, -0.2) is 0 Å². The summed E-state index contributed by atoms with van der Waals surface area (Å²) in [6.45, 7) is 0. The number of fused-ring (bicyclic) bond motifs is 1. The fourth-order valence-electron chi connectivity index (χ4n) is 3.30. The van der Waals surface area contributed by atoms with Crippen LogP contribution in [0.4, 0.5) is 0 Å². The maximum atomic E-state index is 11.5. The first-order valence-corrected chi connectivity index (χ1v) is 9.20. The monoisotopic (exact) mass is 382 g/mol. The molecule has 0 fully saturated rings. The number of aryl methyl sites for hydroxylation is 1. The molecule has 0 unspecified atom stereocenters. The number of esters is 1. The van der Waals surface area contributed by atoms with Crippen LogP contribution < -0.4 is 0 Å². The Kier molecular flexibility index (Phi) is 5.04. The van der Waals surface area contributed by atoms with Crippen molar-refractivity contribution in [3.05, 3.63) is 78.0 Å². The van der Waals surface area contributed by atoms with E-state index in [0.717, 1.165) is 27.7 Å². The smallest absolute Gasteiger partial charge is 0.305 e. The Bertz CT molecular complexity index is 1200. The first-order chi connectivity index (χ1) is 14.2. The summed E-state index contributed by atoms with van der Waals surface area (Å²) in [4.78, 5) is 11.5. The molecule has 0 aliphatic carbocycles. The standard InChI is InChI=1S/C23H18N4O2/c1-29-23(28)13-10-18-15-27(21-5-3-2-4-19(18)21)22-12-11-20(25-26-22)17-8-6-16(14-24)7-9-17/h2-9,11-12,15H,10,13H2,1H3. The van der Waals surface area contributed by atoms with E-state index in [0.29, 0.717) is 24.2 Å². The van der Waals surface area contributed by atoms with E-state index in [-0.39, 0.29) is 5.97 Å². The number of ether oxygens (including phenoxy) is 1. The number of nitriles is 1. The molecule has 2 aromatic heterocycles. The molecule has 0 aliphatic rings. The highest BCUT2D eigenvalue weighted by Crippen LogP contribution is 2.26. The fraction of sp³-hybridized carbons (Fsp3) is 0.130. The zero-order valence-corrected chi connectivity index (χ0v) is 15.9. The minimum atomic E-state index is -0.228. The Hall–Kier alpha value is -3.98. The van der Waals surface area contributed by atoms with Crippen molar-refractivity contribution < 1.29 is 9.53 Å². The van der Waals surface area contributed by atoms with E-state index < -0.39 is 0 Å². The molecular weight excluding hydrogens is 364 g/mol. The van der Waals surface area contributed by atoms with Crippen LogP contribution in [0.5, 0.6) is 0 Å². The van der Waals surface area contributed by atoms with Gasteiger partial charge < -0.3 is 4.74 Å². The van der Waals surface area contributed by atoms with Gasteiger partial charge in [0.25, 0.3) is 0 Å². The molecule has 0 spiro atoms. The molecule has 6 heteroatoms. The van der Waals surface area contributed by atoms with E-state index in [1.807, 2.05) is 59.3 Å². The maximum absolute atomic E-state index is 11.5. The van der Waals surface area contributed by atoms with Crippen LogP contribution in [-0.2, 0) is 16.0 Å². The second-order valence-corrected chi connectivity index (χ2v) is 6.58.